The number of hydrogen-bond donors (Lipinski definition) is 2. The molecule has 1 aliphatic rings. The number of rotatable bonds is 12. The van der Waals surface area contributed by atoms with Crippen LogP contribution >= 0.6 is 0 Å². The monoisotopic (exact) mass is 526 g/mol. The molecule has 7 heteroatoms. The Labute approximate surface area is 230 Å². The predicted octanol–water partition coefficient (Wildman–Crippen LogP) is 4.18. The van der Waals surface area contributed by atoms with Crippen LogP contribution in [-0.2, 0) is 20.8 Å². The first-order valence-corrected chi connectivity index (χ1v) is 14.3. The molecule has 0 aliphatic carbocycles. The number of nitrogens with one attached hydrogen (secondary N) is 2. The number of amides is 3. The number of benzene rings is 1. The van der Waals surface area contributed by atoms with Crippen molar-refractivity contribution in [3.63, 3.8) is 0 Å². The quantitative estimate of drug-likeness (QED) is 0.401. The zero-order chi connectivity index (χ0) is 28.4. The van der Waals surface area contributed by atoms with Crippen molar-refractivity contribution in [1.29, 1.82) is 0 Å². The third kappa shape index (κ3) is 8.97. The number of likely N-dealkylation sites (tertiary alicyclic amines) is 1. The van der Waals surface area contributed by atoms with E-state index in [4.69, 9.17) is 0 Å². The Hall–Kier alpha value is -2.67. The van der Waals surface area contributed by atoms with Crippen molar-refractivity contribution in [2.24, 2.45) is 11.8 Å². The van der Waals surface area contributed by atoms with Gasteiger partial charge in [0.05, 0.1) is 12.1 Å². The van der Waals surface area contributed by atoms with Gasteiger partial charge in [0.2, 0.25) is 17.7 Å². The molecule has 2 N–H and O–H groups in total. The average molecular weight is 527 g/mol. The van der Waals surface area contributed by atoms with E-state index in [0.717, 1.165) is 32.2 Å². The molecule has 0 bridgehead atoms. The highest BCUT2D eigenvalue weighted by Gasteiger charge is 2.36. The summed E-state index contributed by atoms with van der Waals surface area (Å²) in [4.78, 5) is 43.8. The van der Waals surface area contributed by atoms with Gasteiger partial charge in [-0.2, -0.15) is 0 Å². The second-order valence-electron chi connectivity index (χ2n) is 11.6. The number of likely N-dealkylation sites (N-methyl/N-ethyl adjacent to an activating group) is 1. The van der Waals surface area contributed by atoms with E-state index < -0.39 is 6.04 Å². The van der Waals surface area contributed by atoms with Crippen LogP contribution in [0.5, 0.6) is 0 Å². The standard InChI is InChI=1S/C31H50N4O3/c1-21(2)27(20-24(7)29(36)32-18-17-25-14-10-9-11-15-25)34(8)31(38)28(22(3)4)33-30(37)26-16-12-13-19-35(26)23(5)6/h9-11,14-15,20-23,26-28H,12-13,16-19H2,1-8H3,(H,32,36)(H,33,37)/b24-20+/t26?,27-,28+/m1/s1. The van der Waals surface area contributed by atoms with Crippen LogP contribution < -0.4 is 10.6 Å². The second-order valence-corrected chi connectivity index (χ2v) is 11.6. The first kappa shape index (κ1) is 31.5. The van der Waals surface area contributed by atoms with Crippen molar-refractivity contribution in [3.8, 4) is 0 Å². The summed E-state index contributed by atoms with van der Waals surface area (Å²) in [6.07, 6.45) is 5.57. The van der Waals surface area contributed by atoms with E-state index in [0.29, 0.717) is 12.1 Å². The Bertz CT molecular complexity index is 942. The van der Waals surface area contributed by atoms with Crippen molar-refractivity contribution in [1.82, 2.24) is 20.4 Å². The number of nitrogens with zero attached hydrogens (tertiary/aromatic N) is 2. The number of piperidine rings is 1. The minimum Gasteiger partial charge on any atom is -0.352 e. The molecule has 1 unspecified atom stereocenters. The minimum absolute atomic E-state index is 0.0653. The molecule has 1 fully saturated rings. The molecular formula is C31H50N4O3. The average Bonchev–Trinajstić information content (AvgIpc) is 2.89. The van der Waals surface area contributed by atoms with Crippen molar-refractivity contribution >= 4 is 17.7 Å². The van der Waals surface area contributed by atoms with Gasteiger partial charge in [-0.05, 0) is 64.0 Å². The summed E-state index contributed by atoms with van der Waals surface area (Å²) in [6, 6.07) is 9.22. The lowest BCUT2D eigenvalue weighted by molar-refractivity contribution is -0.140. The molecule has 1 saturated heterocycles. The summed E-state index contributed by atoms with van der Waals surface area (Å²) in [5.74, 6) is -0.303. The molecule has 1 aromatic rings. The van der Waals surface area contributed by atoms with Gasteiger partial charge < -0.3 is 15.5 Å². The first-order chi connectivity index (χ1) is 17.9. The maximum absolute atomic E-state index is 13.7. The van der Waals surface area contributed by atoms with Gasteiger partial charge in [-0.3, -0.25) is 19.3 Å². The molecule has 3 atom stereocenters. The first-order valence-electron chi connectivity index (χ1n) is 14.3. The molecular weight excluding hydrogens is 476 g/mol. The summed E-state index contributed by atoms with van der Waals surface area (Å²) < 4.78 is 0. The van der Waals surface area contributed by atoms with Crippen LogP contribution in [0.4, 0.5) is 0 Å². The highest BCUT2D eigenvalue weighted by molar-refractivity contribution is 5.93. The molecule has 2 rings (SSSR count). The van der Waals surface area contributed by atoms with E-state index in [1.165, 1.54) is 5.56 Å². The topological polar surface area (TPSA) is 81.8 Å². The number of carbonyl (C=O) groups is 3. The van der Waals surface area contributed by atoms with Crippen molar-refractivity contribution in [3.05, 3.63) is 47.5 Å². The van der Waals surface area contributed by atoms with Crippen LogP contribution in [0.1, 0.15) is 73.3 Å². The lowest BCUT2D eigenvalue weighted by Gasteiger charge is -2.39. The fourth-order valence-corrected chi connectivity index (χ4v) is 5.17. The third-order valence-corrected chi connectivity index (χ3v) is 7.54. The Morgan fingerprint density at radius 3 is 2.26 bits per heavy atom. The molecule has 0 spiro atoms. The van der Waals surface area contributed by atoms with E-state index in [2.05, 4.69) is 29.4 Å². The largest absolute Gasteiger partial charge is 0.352 e. The second kappa shape index (κ2) is 15.1. The van der Waals surface area contributed by atoms with Crippen LogP contribution in [0.15, 0.2) is 42.0 Å². The smallest absolute Gasteiger partial charge is 0.246 e. The molecule has 3 amide bonds. The SMILES string of the molecule is C/C(=C\[C@H](C(C)C)N(C)C(=O)[C@@H](NC(=O)C1CCCCN1C(C)C)C(C)C)C(=O)NCCc1ccccc1. The highest BCUT2D eigenvalue weighted by Crippen LogP contribution is 2.21. The zero-order valence-corrected chi connectivity index (χ0v) is 24.8. The van der Waals surface area contributed by atoms with Crippen LogP contribution in [0.3, 0.4) is 0 Å². The van der Waals surface area contributed by atoms with Gasteiger partial charge in [-0.15, -0.1) is 0 Å². The molecule has 38 heavy (non-hydrogen) atoms. The molecule has 1 aliphatic heterocycles. The van der Waals surface area contributed by atoms with Gasteiger partial charge in [-0.25, -0.2) is 0 Å². The Balaban J connectivity index is 2.09. The van der Waals surface area contributed by atoms with Gasteiger partial charge in [0.25, 0.3) is 0 Å². The molecule has 0 saturated carbocycles. The molecule has 0 radical (unpaired) electrons. The van der Waals surface area contributed by atoms with Crippen LogP contribution in [-0.4, -0.2) is 71.8 Å². The van der Waals surface area contributed by atoms with E-state index in [9.17, 15) is 14.4 Å². The number of carbonyl (C=O) groups excluding carboxylic acids is 3. The fraction of sp³-hybridized carbons (Fsp3) is 0.645. The predicted molar refractivity (Wildman–Crippen MR) is 155 cm³/mol. The van der Waals surface area contributed by atoms with Crippen molar-refractivity contribution < 1.29 is 14.4 Å². The molecule has 1 aromatic carbocycles. The van der Waals surface area contributed by atoms with Crippen molar-refractivity contribution in [2.75, 3.05) is 20.1 Å². The third-order valence-electron chi connectivity index (χ3n) is 7.54. The molecule has 212 valence electrons. The summed E-state index contributed by atoms with van der Waals surface area (Å²) >= 11 is 0. The van der Waals surface area contributed by atoms with E-state index in [1.807, 2.05) is 64.1 Å². The Morgan fingerprint density at radius 2 is 1.68 bits per heavy atom. The zero-order valence-electron chi connectivity index (χ0n) is 24.8. The maximum atomic E-state index is 13.7. The van der Waals surface area contributed by atoms with E-state index in [-0.39, 0.29) is 47.7 Å². The fourth-order valence-electron chi connectivity index (χ4n) is 5.17. The Kier molecular flexibility index (Phi) is 12.5. The summed E-state index contributed by atoms with van der Waals surface area (Å²) in [7, 11) is 1.77. The lowest BCUT2D eigenvalue weighted by atomic mass is 9.95. The lowest BCUT2D eigenvalue weighted by Crippen LogP contribution is -2.58. The number of hydrogen-bond acceptors (Lipinski definition) is 4. The molecule has 1 heterocycles. The highest BCUT2D eigenvalue weighted by atomic mass is 16.2. The van der Waals surface area contributed by atoms with Gasteiger partial charge in [0.1, 0.15) is 6.04 Å². The maximum Gasteiger partial charge on any atom is 0.246 e. The molecule has 0 aromatic heterocycles. The van der Waals surface area contributed by atoms with Gasteiger partial charge >= 0.3 is 0 Å². The minimum atomic E-state index is -0.627. The van der Waals surface area contributed by atoms with Gasteiger partial charge in [0, 0.05) is 25.2 Å². The van der Waals surface area contributed by atoms with Crippen LogP contribution in [0.2, 0.25) is 0 Å². The Morgan fingerprint density at radius 1 is 1.03 bits per heavy atom. The van der Waals surface area contributed by atoms with Gasteiger partial charge in [-0.1, -0.05) is 70.5 Å². The van der Waals surface area contributed by atoms with E-state index in [1.54, 1.807) is 18.9 Å². The van der Waals surface area contributed by atoms with Crippen molar-refractivity contribution in [2.45, 2.75) is 98.3 Å². The summed E-state index contributed by atoms with van der Waals surface area (Å²) in [5.41, 5.74) is 1.75. The normalized spacial score (nSPS) is 18.4. The molecule has 7 nitrogen and oxygen atoms in total. The summed E-state index contributed by atoms with van der Waals surface area (Å²) in [5, 5.41) is 6.08. The van der Waals surface area contributed by atoms with Crippen LogP contribution in [0.25, 0.3) is 0 Å². The van der Waals surface area contributed by atoms with E-state index >= 15 is 0 Å². The van der Waals surface area contributed by atoms with Crippen LogP contribution in [0, 0.1) is 11.8 Å². The van der Waals surface area contributed by atoms with Gasteiger partial charge in [0.15, 0.2) is 0 Å². The summed E-state index contributed by atoms with van der Waals surface area (Å²) in [6.45, 7) is 15.5.